The van der Waals surface area contributed by atoms with Gasteiger partial charge in [-0.1, -0.05) is 255 Å². The van der Waals surface area contributed by atoms with Gasteiger partial charge in [-0.2, -0.15) is 0 Å². The summed E-state index contributed by atoms with van der Waals surface area (Å²) >= 11 is 0. The van der Waals surface area contributed by atoms with Gasteiger partial charge in [-0.3, -0.25) is 0 Å². The van der Waals surface area contributed by atoms with Gasteiger partial charge in [0.25, 0.3) is 0 Å². The van der Waals surface area contributed by atoms with Gasteiger partial charge in [-0.05, 0) is 110 Å². The molecular formula is C59H74P2. The third-order valence-corrected chi connectivity index (χ3v) is 19.3. The molecule has 0 bridgehead atoms. The molecule has 2 heteroatoms. The van der Waals surface area contributed by atoms with Gasteiger partial charge in [-0.25, -0.2) is 0 Å². The van der Waals surface area contributed by atoms with Crippen molar-refractivity contribution in [3.05, 3.63) is 191 Å². The van der Waals surface area contributed by atoms with Crippen molar-refractivity contribution < 1.29 is 0 Å². The summed E-state index contributed by atoms with van der Waals surface area (Å²) in [5.74, 6) is 0. The summed E-state index contributed by atoms with van der Waals surface area (Å²) in [4.78, 5) is 0. The van der Waals surface area contributed by atoms with E-state index >= 15 is 0 Å². The molecule has 0 aliphatic rings. The van der Waals surface area contributed by atoms with E-state index in [1.807, 2.05) is 0 Å². The van der Waals surface area contributed by atoms with Crippen LogP contribution in [0.25, 0.3) is 0 Å². The monoisotopic (exact) mass is 845 g/mol. The molecule has 0 heterocycles. The Labute approximate surface area is 374 Å². The van der Waals surface area contributed by atoms with E-state index in [0.29, 0.717) is 0 Å². The first-order valence-corrected chi connectivity index (χ1v) is 25.6. The van der Waals surface area contributed by atoms with Gasteiger partial charge in [0.2, 0.25) is 0 Å². The fourth-order valence-corrected chi connectivity index (χ4v) is 16.1. The molecule has 6 aromatic rings. The lowest BCUT2D eigenvalue weighted by Crippen LogP contribution is -2.39. The zero-order valence-electron chi connectivity index (χ0n) is 40.0. The summed E-state index contributed by atoms with van der Waals surface area (Å²) in [6.45, 7) is 33.0. The van der Waals surface area contributed by atoms with Crippen molar-refractivity contribution in [2.24, 2.45) is 5.41 Å². The molecule has 0 saturated heterocycles. The van der Waals surface area contributed by atoms with Crippen LogP contribution in [0, 0.1) is 5.41 Å². The first kappa shape index (κ1) is 46.7. The van der Waals surface area contributed by atoms with Crippen LogP contribution in [0.2, 0.25) is 0 Å². The summed E-state index contributed by atoms with van der Waals surface area (Å²) in [6, 6.07) is 62.7. The van der Waals surface area contributed by atoms with Crippen molar-refractivity contribution in [2.75, 3.05) is 0 Å². The maximum absolute atomic E-state index is 2.51. The van der Waals surface area contributed by atoms with Gasteiger partial charge in [0.15, 0.2) is 0 Å². The van der Waals surface area contributed by atoms with Crippen molar-refractivity contribution in [3.8, 4) is 0 Å². The molecule has 6 aromatic carbocycles. The molecular weight excluding hydrogens is 771 g/mol. The maximum Gasteiger partial charge on any atom is 0.0188 e. The third-order valence-electron chi connectivity index (χ3n) is 13.2. The standard InChI is InChI=1S/C59H74P2/c1-15-59(16-2,53(43-23-19-17-20-24-43)60(49-35-27-45(28-36-49)55(3,4)5)50-37-29-46(30-38-50)56(6,7)8)54(44-25-21-18-22-26-44)61(51-39-31-47(32-40-51)57(9,10)11)52-41-33-48(34-42-52)58(12,13)14/h17-42,53-54H,15-16H2,1-14H3. The molecule has 2 atom stereocenters. The molecule has 0 N–H and O–H groups in total. The largest absolute Gasteiger partial charge is 0.0648 e. The molecule has 0 radical (unpaired) electrons. The molecule has 0 aliphatic heterocycles. The average molecular weight is 845 g/mol. The highest BCUT2D eigenvalue weighted by molar-refractivity contribution is 7.74. The number of rotatable bonds is 12. The molecule has 0 nitrogen and oxygen atoms in total. The normalized spacial score (nSPS) is 14.0. The first-order valence-electron chi connectivity index (χ1n) is 22.8. The van der Waals surface area contributed by atoms with E-state index in [2.05, 4.69) is 255 Å². The molecule has 0 amide bonds. The SMILES string of the molecule is CCC(CC)(C(c1ccccc1)P(c1ccc(C(C)(C)C)cc1)c1ccc(C(C)(C)C)cc1)C(c1ccccc1)P(c1ccc(C(C)(C)C)cc1)c1ccc(C(C)(C)C)cc1. The average Bonchev–Trinajstić information content (AvgIpc) is 3.23. The van der Waals surface area contributed by atoms with Crippen LogP contribution in [-0.2, 0) is 21.7 Å². The van der Waals surface area contributed by atoms with E-state index in [4.69, 9.17) is 0 Å². The van der Waals surface area contributed by atoms with E-state index in [0.717, 1.165) is 12.8 Å². The molecule has 61 heavy (non-hydrogen) atoms. The zero-order chi connectivity index (χ0) is 44.4. The van der Waals surface area contributed by atoms with Gasteiger partial charge in [0.1, 0.15) is 0 Å². The highest BCUT2D eigenvalue weighted by atomic mass is 31.1. The van der Waals surface area contributed by atoms with Crippen LogP contribution in [0.3, 0.4) is 0 Å². The van der Waals surface area contributed by atoms with Crippen LogP contribution in [0.5, 0.6) is 0 Å². The van der Waals surface area contributed by atoms with E-state index in [-0.39, 0.29) is 38.4 Å². The van der Waals surface area contributed by atoms with Crippen molar-refractivity contribution >= 4 is 37.1 Å². The van der Waals surface area contributed by atoms with Gasteiger partial charge in [0, 0.05) is 11.3 Å². The minimum Gasteiger partial charge on any atom is -0.0648 e. The smallest absolute Gasteiger partial charge is 0.0188 e. The molecule has 6 rings (SSSR count). The van der Waals surface area contributed by atoms with Crippen LogP contribution in [0.15, 0.2) is 158 Å². The van der Waals surface area contributed by atoms with Gasteiger partial charge in [-0.15, -0.1) is 0 Å². The quantitative estimate of drug-likeness (QED) is 0.108. The van der Waals surface area contributed by atoms with E-state index in [9.17, 15) is 0 Å². The van der Waals surface area contributed by atoms with E-state index in [1.165, 1.54) is 54.6 Å². The Balaban J connectivity index is 1.72. The van der Waals surface area contributed by atoms with Gasteiger partial charge >= 0.3 is 0 Å². The third kappa shape index (κ3) is 10.4. The zero-order valence-corrected chi connectivity index (χ0v) is 41.8. The Morgan fingerprint density at radius 1 is 0.311 bits per heavy atom. The van der Waals surface area contributed by atoms with Crippen molar-refractivity contribution in [2.45, 2.75) is 143 Å². The van der Waals surface area contributed by atoms with Crippen molar-refractivity contribution in [3.63, 3.8) is 0 Å². The van der Waals surface area contributed by atoms with Crippen LogP contribution in [0.4, 0.5) is 0 Å². The molecule has 0 fully saturated rings. The van der Waals surface area contributed by atoms with Crippen LogP contribution in [-0.4, -0.2) is 0 Å². The number of benzene rings is 6. The second kappa shape index (κ2) is 18.5. The van der Waals surface area contributed by atoms with Crippen molar-refractivity contribution in [1.82, 2.24) is 0 Å². The predicted molar refractivity (Wildman–Crippen MR) is 274 cm³/mol. The fraction of sp³-hybridized carbons (Fsp3) is 0.390. The second-order valence-electron chi connectivity index (χ2n) is 21.5. The Kier molecular flexibility index (Phi) is 14.1. The molecule has 320 valence electrons. The Hall–Kier alpha value is -3.82. The minimum atomic E-state index is -0.903. The molecule has 0 saturated carbocycles. The lowest BCUT2D eigenvalue weighted by Gasteiger charge is -2.52. The lowest BCUT2D eigenvalue weighted by atomic mass is 9.71. The van der Waals surface area contributed by atoms with E-state index < -0.39 is 15.8 Å². The molecule has 0 aliphatic carbocycles. The minimum absolute atomic E-state index is 0.0738. The highest BCUT2D eigenvalue weighted by Crippen LogP contribution is 2.71. The molecule has 0 spiro atoms. The number of hydrogen-bond acceptors (Lipinski definition) is 0. The number of hydrogen-bond donors (Lipinski definition) is 0. The van der Waals surface area contributed by atoms with Crippen LogP contribution in [0.1, 0.15) is 154 Å². The fourth-order valence-electron chi connectivity index (χ4n) is 9.30. The molecule has 2 unspecified atom stereocenters. The van der Waals surface area contributed by atoms with E-state index in [1.54, 1.807) is 0 Å². The summed E-state index contributed by atoms with van der Waals surface area (Å²) in [5.41, 5.74) is 9.00. The summed E-state index contributed by atoms with van der Waals surface area (Å²) in [6.07, 6.45) is 2.08. The Morgan fingerprint density at radius 2 is 0.525 bits per heavy atom. The summed E-state index contributed by atoms with van der Waals surface area (Å²) < 4.78 is 0. The Morgan fingerprint density at radius 3 is 0.705 bits per heavy atom. The topological polar surface area (TPSA) is 0 Å². The predicted octanol–water partition coefficient (Wildman–Crippen LogP) is 15.7. The summed E-state index contributed by atoms with van der Waals surface area (Å²) in [5, 5.41) is 5.80. The highest BCUT2D eigenvalue weighted by Gasteiger charge is 2.51. The maximum atomic E-state index is 2.51. The van der Waals surface area contributed by atoms with Gasteiger partial charge < -0.3 is 0 Å². The summed E-state index contributed by atoms with van der Waals surface area (Å²) in [7, 11) is -1.81. The second-order valence-corrected chi connectivity index (χ2v) is 26.1. The van der Waals surface area contributed by atoms with Gasteiger partial charge in [0.05, 0.1) is 0 Å². The Bertz CT molecular complexity index is 1990. The van der Waals surface area contributed by atoms with Crippen LogP contribution >= 0.6 is 15.8 Å². The first-order chi connectivity index (χ1) is 28.7. The van der Waals surface area contributed by atoms with Crippen molar-refractivity contribution in [1.29, 1.82) is 0 Å². The lowest BCUT2D eigenvalue weighted by molar-refractivity contribution is 0.240. The molecule has 0 aromatic heterocycles. The van der Waals surface area contributed by atoms with Crippen LogP contribution < -0.4 is 21.2 Å².